The average Bonchev–Trinajstić information content (AvgIpc) is 3.47. The van der Waals surface area contributed by atoms with Crippen molar-refractivity contribution in [2.24, 2.45) is 0 Å². The summed E-state index contributed by atoms with van der Waals surface area (Å²) < 4.78 is 2.13. The molecule has 34 heavy (non-hydrogen) atoms. The Morgan fingerprint density at radius 1 is 1.06 bits per heavy atom. The van der Waals surface area contributed by atoms with E-state index in [2.05, 4.69) is 44.2 Å². The van der Waals surface area contributed by atoms with Crippen molar-refractivity contribution in [2.45, 2.75) is 25.4 Å². The van der Waals surface area contributed by atoms with E-state index in [-0.39, 0.29) is 11.9 Å². The number of nitrogens with zero attached hydrogens (tertiary/aromatic N) is 7. The molecule has 8 nitrogen and oxygen atoms in total. The molecule has 0 aromatic carbocycles. The summed E-state index contributed by atoms with van der Waals surface area (Å²) in [5.74, 6) is 1.02. The number of imidazole rings is 1. The number of carbonyl (C=O) groups is 1. The van der Waals surface area contributed by atoms with Crippen molar-refractivity contribution in [2.75, 3.05) is 59.9 Å². The van der Waals surface area contributed by atoms with Gasteiger partial charge >= 0.3 is 0 Å². The van der Waals surface area contributed by atoms with Gasteiger partial charge < -0.3 is 14.2 Å². The first-order valence-electron chi connectivity index (χ1n) is 12.4. The van der Waals surface area contributed by atoms with E-state index < -0.39 is 0 Å². The van der Waals surface area contributed by atoms with Gasteiger partial charge in [-0.15, -0.1) is 0 Å². The molecule has 2 saturated heterocycles. The van der Waals surface area contributed by atoms with E-state index in [1.807, 2.05) is 47.6 Å². The number of amides is 1. The van der Waals surface area contributed by atoms with Gasteiger partial charge in [0.2, 0.25) is 0 Å². The number of aromatic nitrogens is 3. The highest BCUT2D eigenvalue weighted by Crippen LogP contribution is 2.33. The molecule has 1 unspecified atom stereocenters. The second-order valence-electron chi connectivity index (χ2n) is 9.66. The van der Waals surface area contributed by atoms with Crippen molar-refractivity contribution in [1.82, 2.24) is 34.0 Å². The number of pyridine rings is 2. The Bertz CT molecular complexity index is 1100. The van der Waals surface area contributed by atoms with E-state index in [0.717, 1.165) is 82.2 Å². The number of hydrogen-bond donors (Lipinski definition) is 0. The van der Waals surface area contributed by atoms with Gasteiger partial charge in [-0.3, -0.25) is 19.6 Å². The highest BCUT2D eigenvalue weighted by molar-refractivity contribution is 5.99. The maximum absolute atomic E-state index is 13.6. The van der Waals surface area contributed by atoms with E-state index in [1.165, 1.54) is 0 Å². The molecule has 1 atom stereocenters. The summed E-state index contributed by atoms with van der Waals surface area (Å²) in [6, 6.07) is 12.3. The third-order valence-corrected chi connectivity index (χ3v) is 7.05. The minimum Gasteiger partial charge on any atom is -0.335 e. The van der Waals surface area contributed by atoms with E-state index in [4.69, 9.17) is 4.98 Å². The monoisotopic (exact) mass is 461 g/mol. The van der Waals surface area contributed by atoms with Crippen molar-refractivity contribution in [3.05, 3.63) is 66.0 Å². The van der Waals surface area contributed by atoms with Gasteiger partial charge in [0, 0.05) is 58.2 Å². The van der Waals surface area contributed by atoms with Crippen LogP contribution in [0.2, 0.25) is 0 Å². The summed E-state index contributed by atoms with van der Waals surface area (Å²) in [4.78, 5) is 32.2. The molecule has 0 spiro atoms. The molecule has 3 aromatic rings. The summed E-state index contributed by atoms with van der Waals surface area (Å²) >= 11 is 0. The van der Waals surface area contributed by atoms with Gasteiger partial charge in [0.05, 0.1) is 17.3 Å². The Kier molecular flexibility index (Phi) is 6.89. The first-order valence-corrected chi connectivity index (χ1v) is 12.4. The minimum atomic E-state index is 0.0523. The van der Waals surface area contributed by atoms with Crippen LogP contribution in [0, 0.1) is 0 Å². The Hall–Kier alpha value is -2.81. The van der Waals surface area contributed by atoms with Gasteiger partial charge in [-0.25, -0.2) is 4.98 Å². The van der Waals surface area contributed by atoms with Gasteiger partial charge in [0.15, 0.2) is 5.69 Å². The van der Waals surface area contributed by atoms with Crippen LogP contribution in [0.4, 0.5) is 0 Å². The topological polar surface area (TPSA) is 60.2 Å². The van der Waals surface area contributed by atoms with Crippen LogP contribution in [0.25, 0.3) is 5.52 Å². The highest BCUT2D eigenvalue weighted by atomic mass is 16.2. The molecule has 0 N–H and O–H groups in total. The molecule has 2 fully saturated rings. The van der Waals surface area contributed by atoms with Crippen molar-refractivity contribution in [3.63, 3.8) is 0 Å². The Labute approximate surface area is 201 Å². The molecule has 2 aliphatic heterocycles. The number of fused-ring (bicyclic) bond motifs is 1. The van der Waals surface area contributed by atoms with Crippen LogP contribution in [0.15, 0.2) is 48.8 Å². The van der Waals surface area contributed by atoms with Gasteiger partial charge in [0.1, 0.15) is 5.82 Å². The predicted molar refractivity (Wildman–Crippen MR) is 133 cm³/mol. The zero-order valence-electron chi connectivity index (χ0n) is 20.3. The van der Waals surface area contributed by atoms with Gasteiger partial charge in [0.25, 0.3) is 5.91 Å². The Morgan fingerprint density at radius 2 is 1.88 bits per heavy atom. The van der Waals surface area contributed by atoms with Crippen molar-refractivity contribution in [3.8, 4) is 0 Å². The summed E-state index contributed by atoms with van der Waals surface area (Å²) in [6.07, 6.45) is 6.06. The zero-order valence-corrected chi connectivity index (χ0v) is 20.3. The first-order chi connectivity index (χ1) is 16.6. The number of likely N-dealkylation sites (tertiary alicyclic amines) is 1. The van der Waals surface area contributed by atoms with E-state index in [9.17, 15) is 4.79 Å². The molecule has 2 aliphatic rings. The lowest BCUT2D eigenvalue weighted by Crippen LogP contribution is -2.50. The van der Waals surface area contributed by atoms with Crippen molar-refractivity contribution in [1.29, 1.82) is 0 Å². The largest absolute Gasteiger partial charge is 0.335 e. The van der Waals surface area contributed by atoms with Crippen LogP contribution in [0.3, 0.4) is 0 Å². The molecule has 8 heteroatoms. The summed E-state index contributed by atoms with van der Waals surface area (Å²) in [5.41, 5.74) is 2.56. The maximum Gasteiger partial charge on any atom is 0.274 e. The SMILES string of the molecule is CN(C)CCN1CCN(C(=O)c2nc(C3CCCN3Cc3ccccn3)n3ccccc23)CC1. The van der Waals surface area contributed by atoms with Gasteiger partial charge in [-0.05, 0) is 57.7 Å². The third kappa shape index (κ3) is 4.85. The highest BCUT2D eigenvalue weighted by Gasteiger charge is 2.33. The normalized spacial score (nSPS) is 20.0. The summed E-state index contributed by atoms with van der Waals surface area (Å²) in [5, 5.41) is 0. The van der Waals surface area contributed by atoms with Crippen molar-refractivity contribution >= 4 is 11.4 Å². The van der Waals surface area contributed by atoms with E-state index in [1.54, 1.807) is 0 Å². The lowest BCUT2D eigenvalue weighted by atomic mass is 10.2. The molecule has 3 aromatic heterocycles. The third-order valence-electron chi connectivity index (χ3n) is 7.05. The van der Waals surface area contributed by atoms with Gasteiger partial charge in [-0.1, -0.05) is 12.1 Å². The van der Waals surface area contributed by atoms with Crippen LogP contribution >= 0.6 is 0 Å². The van der Waals surface area contributed by atoms with Crippen LogP contribution in [-0.2, 0) is 6.54 Å². The lowest BCUT2D eigenvalue weighted by Gasteiger charge is -2.34. The minimum absolute atomic E-state index is 0.0523. The fraction of sp³-hybridized carbons (Fsp3) is 0.500. The van der Waals surface area contributed by atoms with Gasteiger partial charge in [-0.2, -0.15) is 0 Å². The van der Waals surface area contributed by atoms with Crippen molar-refractivity contribution < 1.29 is 4.79 Å². The molecule has 0 saturated carbocycles. The molecule has 0 radical (unpaired) electrons. The van der Waals surface area contributed by atoms with Crippen LogP contribution < -0.4 is 0 Å². The number of hydrogen-bond acceptors (Lipinski definition) is 6. The zero-order chi connectivity index (χ0) is 23.5. The van der Waals surface area contributed by atoms with Crippen LogP contribution in [0.1, 0.15) is 40.9 Å². The smallest absolute Gasteiger partial charge is 0.274 e. The maximum atomic E-state index is 13.6. The number of likely N-dealkylation sites (N-methyl/N-ethyl adjacent to an activating group) is 1. The molecule has 5 heterocycles. The summed E-state index contributed by atoms with van der Waals surface area (Å²) in [6.45, 7) is 7.23. The standard InChI is InChI=1S/C26H35N7O/c1-29(2)14-15-30-16-18-31(19-17-30)26(34)24-22-9-4-6-13-33(22)25(28-24)23-10-7-12-32(23)20-21-8-3-5-11-27-21/h3-6,8-9,11,13,23H,7,10,12,14-20H2,1-2H3. The Morgan fingerprint density at radius 3 is 2.65 bits per heavy atom. The molecule has 0 aliphatic carbocycles. The Balaban J connectivity index is 1.35. The van der Waals surface area contributed by atoms with E-state index in [0.29, 0.717) is 5.69 Å². The van der Waals surface area contributed by atoms with Crippen LogP contribution in [-0.4, -0.2) is 99.8 Å². The fourth-order valence-electron chi connectivity index (χ4n) is 5.13. The average molecular weight is 462 g/mol. The first kappa shape index (κ1) is 23.0. The number of carbonyl (C=O) groups excluding carboxylic acids is 1. The molecule has 0 bridgehead atoms. The lowest BCUT2D eigenvalue weighted by molar-refractivity contribution is 0.0626. The van der Waals surface area contributed by atoms with E-state index >= 15 is 0 Å². The predicted octanol–water partition coefficient (Wildman–Crippen LogP) is 2.39. The molecular formula is C26H35N7O. The summed E-state index contributed by atoms with van der Waals surface area (Å²) in [7, 11) is 4.20. The quantitative estimate of drug-likeness (QED) is 0.539. The molecule has 1 amide bonds. The molecule has 5 rings (SSSR count). The second-order valence-corrected chi connectivity index (χ2v) is 9.66. The number of rotatable bonds is 7. The fourth-order valence-corrected chi connectivity index (χ4v) is 5.13. The molecular weight excluding hydrogens is 426 g/mol. The number of piperazine rings is 1. The molecule has 180 valence electrons. The second kappa shape index (κ2) is 10.2. The van der Waals surface area contributed by atoms with Crippen LogP contribution in [0.5, 0.6) is 0 Å².